The molecule has 0 radical (unpaired) electrons. The first kappa shape index (κ1) is 23.6. The van der Waals surface area contributed by atoms with Crippen molar-refractivity contribution in [1.29, 1.82) is 0 Å². The molecule has 0 aromatic heterocycles. The highest BCUT2D eigenvalue weighted by Crippen LogP contribution is 2.57. The van der Waals surface area contributed by atoms with Crippen LogP contribution >= 0.6 is 0 Å². The zero-order chi connectivity index (χ0) is 20.9. The fraction of sp³-hybridized carbons (Fsp3) is 0.864. The molecule has 5 nitrogen and oxygen atoms in total. The van der Waals surface area contributed by atoms with Crippen molar-refractivity contribution >= 4 is 17.7 Å². The van der Waals surface area contributed by atoms with Gasteiger partial charge in [0.2, 0.25) is 5.91 Å². The maximum atomic E-state index is 12.9. The van der Waals surface area contributed by atoms with Gasteiger partial charge >= 0.3 is 5.97 Å². The van der Waals surface area contributed by atoms with Crippen LogP contribution in [-0.2, 0) is 19.1 Å². The molecule has 1 heterocycles. The second-order valence-corrected chi connectivity index (χ2v) is 9.11. The topological polar surface area (TPSA) is 72.5 Å². The van der Waals surface area contributed by atoms with Crippen LogP contribution in [0.1, 0.15) is 93.4 Å². The summed E-state index contributed by atoms with van der Waals surface area (Å²) >= 11 is 0. The molecule has 0 bridgehead atoms. The Balaban J connectivity index is 3.03. The zero-order valence-electron chi connectivity index (χ0n) is 18.4. The van der Waals surface area contributed by atoms with E-state index in [4.69, 9.17) is 4.74 Å². The lowest BCUT2D eigenvalue weighted by Crippen LogP contribution is -2.49. The summed E-state index contributed by atoms with van der Waals surface area (Å²) in [6.07, 6.45) is 5.41. The monoisotopic (exact) mass is 381 g/mol. The molecule has 5 heteroatoms. The molecular weight excluding hydrogens is 342 g/mol. The van der Waals surface area contributed by atoms with Crippen LogP contribution in [0.25, 0.3) is 0 Å². The van der Waals surface area contributed by atoms with E-state index in [0.717, 1.165) is 25.7 Å². The van der Waals surface area contributed by atoms with Crippen LogP contribution in [0, 0.1) is 16.7 Å². The number of carbonyl (C=O) groups is 3. The number of amides is 1. The van der Waals surface area contributed by atoms with Gasteiger partial charge in [-0.2, -0.15) is 0 Å². The number of rotatable bonds is 11. The van der Waals surface area contributed by atoms with Crippen molar-refractivity contribution in [1.82, 2.24) is 5.32 Å². The Labute approximate surface area is 165 Å². The van der Waals surface area contributed by atoms with Crippen molar-refractivity contribution in [3.8, 4) is 0 Å². The predicted molar refractivity (Wildman–Crippen MR) is 107 cm³/mol. The number of nitrogens with one attached hydrogen (secondary N) is 1. The van der Waals surface area contributed by atoms with Gasteiger partial charge in [0.05, 0.1) is 12.0 Å². The van der Waals surface area contributed by atoms with Gasteiger partial charge < -0.3 is 10.1 Å². The maximum absolute atomic E-state index is 12.9. The molecule has 1 fully saturated rings. The number of unbranched alkanes of at least 4 members (excludes halogenated alkanes) is 1. The van der Waals surface area contributed by atoms with E-state index in [1.54, 1.807) is 0 Å². The lowest BCUT2D eigenvalue weighted by Gasteiger charge is -2.42. The average Bonchev–Trinajstić information content (AvgIpc) is 2.84. The smallest absolute Gasteiger partial charge is 0.312 e. The number of esters is 1. The van der Waals surface area contributed by atoms with Crippen LogP contribution in [0.2, 0.25) is 0 Å². The number of ether oxygens (including phenoxy) is 1. The van der Waals surface area contributed by atoms with Gasteiger partial charge in [-0.1, -0.05) is 40.5 Å². The van der Waals surface area contributed by atoms with Gasteiger partial charge in [-0.15, -0.1) is 0 Å². The van der Waals surface area contributed by atoms with Crippen molar-refractivity contribution < 1.29 is 19.1 Å². The molecular formula is C22H39NO4. The average molecular weight is 382 g/mol. The van der Waals surface area contributed by atoms with Crippen LogP contribution in [0.5, 0.6) is 0 Å². The highest BCUT2D eigenvalue weighted by atomic mass is 16.5. The van der Waals surface area contributed by atoms with Crippen molar-refractivity contribution in [3.05, 3.63) is 0 Å². The van der Waals surface area contributed by atoms with Gasteiger partial charge in [-0.25, -0.2) is 0 Å². The van der Waals surface area contributed by atoms with Crippen LogP contribution in [-0.4, -0.2) is 29.8 Å². The standard InChI is InChI=1S/C22H39NO4/c1-8-11-12-21(9-2)15-27-19(26)22(21,10-3)13-16(4)18(25)23-20(6,7)14-17(5)24/h16H,8-15H2,1-7H3,(H,23,25). The summed E-state index contributed by atoms with van der Waals surface area (Å²) < 4.78 is 5.58. The van der Waals surface area contributed by atoms with E-state index in [0.29, 0.717) is 25.9 Å². The Morgan fingerprint density at radius 3 is 2.33 bits per heavy atom. The lowest BCUT2D eigenvalue weighted by atomic mass is 9.57. The van der Waals surface area contributed by atoms with Crippen LogP contribution < -0.4 is 5.32 Å². The molecule has 1 saturated heterocycles. The number of Topliss-reactive ketones (excluding diaryl/α,β-unsaturated/α-hetero) is 1. The Morgan fingerprint density at radius 1 is 1.22 bits per heavy atom. The number of ketones is 1. The first-order chi connectivity index (χ1) is 12.5. The summed E-state index contributed by atoms with van der Waals surface area (Å²) in [7, 11) is 0. The molecule has 1 rings (SSSR count). The Morgan fingerprint density at radius 2 is 1.85 bits per heavy atom. The molecule has 0 saturated carbocycles. The van der Waals surface area contributed by atoms with Gasteiger partial charge in [0.1, 0.15) is 5.78 Å². The zero-order valence-corrected chi connectivity index (χ0v) is 18.4. The molecule has 0 aromatic carbocycles. The minimum atomic E-state index is -0.613. The molecule has 0 spiro atoms. The number of carbonyl (C=O) groups excluding carboxylic acids is 3. The number of hydrogen-bond donors (Lipinski definition) is 1. The summed E-state index contributed by atoms with van der Waals surface area (Å²) in [5.74, 6) is -0.531. The summed E-state index contributed by atoms with van der Waals surface area (Å²) in [4.78, 5) is 37.1. The molecule has 3 unspecified atom stereocenters. The van der Waals surface area contributed by atoms with E-state index in [1.807, 2.05) is 27.7 Å². The Hall–Kier alpha value is -1.39. The second kappa shape index (κ2) is 9.20. The van der Waals surface area contributed by atoms with Crippen molar-refractivity contribution in [2.45, 2.75) is 99.0 Å². The van der Waals surface area contributed by atoms with E-state index < -0.39 is 11.0 Å². The first-order valence-electron chi connectivity index (χ1n) is 10.5. The SMILES string of the molecule is CCCCC1(CC)COC(=O)C1(CC)CC(C)C(=O)NC(C)(C)CC(C)=O. The molecule has 1 N–H and O–H groups in total. The fourth-order valence-corrected chi connectivity index (χ4v) is 4.84. The third-order valence-electron chi connectivity index (χ3n) is 6.43. The summed E-state index contributed by atoms with van der Waals surface area (Å²) in [5.41, 5.74) is -1.40. The van der Waals surface area contributed by atoms with Gasteiger partial charge in [0, 0.05) is 23.3 Å². The number of hydrogen-bond acceptors (Lipinski definition) is 4. The molecule has 1 aliphatic heterocycles. The van der Waals surface area contributed by atoms with Gasteiger partial charge in [-0.3, -0.25) is 14.4 Å². The van der Waals surface area contributed by atoms with Crippen molar-refractivity contribution in [2.75, 3.05) is 6.61 Å². The van der Waals surface area contributed by atoms with E-state index in [9.17, 15) is 14.4 Å². The number of cyclic esters (lactones) is 1. The molecule has 0 aliphatic carbocycles. The fourth-order valence-electron chi connectivity index (χ4n) is 4.84. The Kier molecular flexibility index (Phi) is 8.06. The van der Waals surface area contributed by atoms with Crippen molar-refractivity contribution in [2.24, 2.45) is 16.7 Å². The predicted octanol–water partition coefficient (Wildman–Crippen LogP) is 4.43. The van der Waals surface area contributed by atoms with Gasteiger partial charge in [-0.05, 0) is 46.5 Å². The largest absolute Gasteiger partial charge is 0.465 e. The lowest BCUT2D eigenvalue weighted by molar-refractivity contribution is -0.149. The minimum absolute atomic E-state index is 0.0434. The van der Waals surface area contributed by atoms with E-state index in [2.05, 4.69) is 19.2 Å². The van der Waals surface area contributed by atoms with Crippen LogP contribution in [0.4, 0.5) is 0 Å². The third kappa shape index (κ3) is 5.11. The summed E-state index contributed by atoms with van der Waals surface area (Å²) in [6, 6.07) is 0. The van der Waals surface area contributed by atoms with Crippen molar-refractivity contribution in [3.63, 3.8) is 0 Å². The highest BCUT2D eigenvalue weighted by Gasteiger charge is 2.60. The molecule has 0 aromatic rings. The van der Waals surface area contributed by atoms with Gasteiger partial charge in [0.15, 0.2) is 0 Å². The second-order valence-electron chi connectivity index (χ2n) is 9.11. The molecule has 1 amide bonds. The summed E-state index contributed by atoms with van der Waals surface area (Å²) in [5, 5.41) is 2.99. The molecule has 1 aliphatic rings. The third-order valence-corrected chi connectivity index (χ3v) is 6.43. The Bertz CT molecular complexity index is 557. The minimum Gasteiger partial charge on any atom is -0.465 e. The first-order valence-corrected chi connectivity index (χ1v) is 10.5. The highest BCUT2D eigenvalue weighted by molar-refractivity contribution is 5.84. The van der Waals surface area contributed by atoms with E-state index >= 15 is 0 Å². The van der Waals surface area contributed by atoms with Gasteiger partial charge in [0.25, 0.3) is 0 Å². The van der Waals surface area contributed by atoms with Crippen LogP contribution in [0.3, 0.4) is 0 Å². The molecule has 156 valence electrons. The summed E-state index contributed by atoms with van der Waals surface area (Å²) in [6.45, 7) is 13.9. The van der Waals surface area contributed by atoms with E-state index in [-0.39, 0.29) is 29.0 Å². The van der Waals surface area contributed by atoms with Crippen LogP contribution in [0.15, 0.2) is 0 Å². The molecule has 3 atom stereocenters. The maximum Gasteiger partial charge on any atom is 0.312 e. The van der Waals surface area contributed by atoms with E-state index in [1.165, 1.54) is 6.92 Å². The molecule has 27 heavy (non-hydrogen) atoms. The quantitative estimate of drug-likeness (QED) is 0.538. The normalized spacial score (nSPS) is 26.6.